The van der Waals surface area contributed by atoms with Crippen molar-refractivity contribution in [1.82, 2.24) is 40.4 Å². The molecule has 4 atom stereocenters. The third-order valence-electron chi connectivity index (χ3n) is 24.1. The topological polar surface area (TPSA) is 422 Å². The number of ether oxygens (including phenoxy) is 6. The number of rotatable bonds is 39. The number of hydrogen-bond acceptors (Lipinski definition) is 23. The Morgan fingerprint density at radius 2 is 0.884 bits per heavy atom. The van der Waals surface area contributed by atoms with Crippen LogP contribution in [0.15, 0.2) is 188 Å². The van der Waals surface area contributed by atoms with Gasteiger partial charge in [0.05, 0.1) is 24.6 Å². The summed E-state index contributed by atoms with van der Waals surface area (Å²) in [6.45, 7) is 18.2. The van der Waals surface area contributed by atoms with Crippen LogP contribution in [0.3, 0.4) is 0 Å². The predicted molar refractivity (Wildman–Crippen MR) is 524 cm³/mol. The molecule has 0 bridgehead atoms. The monoisotopic (exact) mass is 1930 g/mol. The fourth-order valence-corrected chi connectivity index (χ4v) is 17.0. The predicted octanol–water partition coefficient (Wildman–Crippen LogP) is 15.7. The maximum absolute atomic E-state index is 14.2. The number of nitro benzene ring substituents is 1. The first-order valence-electron chi connectivity index (χ1n) is 48.0. The van der Waals surface area contributed by atoms with Crippen LogP contribution >= 0.6 is 11.6 Å². The van der Waals surface area contributed by atoms with Gasteiger partial charge in [0.2, 0.25) is 40.7 Å². The van der Waals surface area contributed by atoms with Gasteiger partial charge in [0.15, 0.2) is 29.9 Å². The SMILES string of the molecule is CC(=O)Cl.CC(=O)c1ccc(O)cc1.CC(=O)c1ccc(OC(=O)N2CCC(=O)N3[C@@H](C4CCCCC4)C(=O)N(CCc4ccccc4)C[C@H]23)cc1.CCOC(CN(CCc1ccccc1)C(=O)[C@@H](NC(=O)CCN)C1CCCCC1)OCC.CCOC(CN(CCc1ccccc1)C(=O)[C@@H](NC(=O)CCNC(=O)Oc1ccc(C(C)=O)cc1)C1CCCCC1)OCC.O=[N+]([O-])c1ccc(O)cc1. The summed E-state index contributed by atoms with van der Waals surface area (Å²) >= 11 is 4.64. The molecule has 138 heavy (non-hydrogen) atoms. The van der Waals surface area contributed by atoms with Crippen LogP contribution in [0.1, 0.15) is 219 Å². The van der Waals surface area contributed by atoms with Gasteiger partial charge in [0.25, 0.3) is 5.69 Å². The van der Waals surface area contributed by atoms with Crippen molar-refractivity contribution in [2.45, 2.75) is 227 Å². The maximum Gasteiger partial charge on any atom is 0.416 e. The summed E-state index contributed by atoms with van der Waals surface area (Å²) in [5, 5.41) is 35.8. The van der Waals surface area contributed by atoms with Crippen molar-refractivity contribution in [3.8, 4) is 23.0 Å². The zero-order valence-corrected chi connectivity index (χ0v) is 81.6. The summed E-state index contributed by atoms with van der Waals surface area (Å²) in [4.78, 5) is 167. The molecule has 0 radical (unpaired) electrons. The molecule has 7 aromatic rings. The van der Waals surface area contributed by atoms with Gasteiger partial charge < -0.3 is 79.9 Å². The fourth-order valence-electron chi connectivity index (χ4n) is 17.0. The van der Waals surface area contributed by atoms with Gasteiger partial charge in [-0.3, -0.25) is 63.0 Å². The molecule has 3 saturated carbocycles. The molecule has 2 aliphatic heterocycles. The first-order chi connectivity index (χ1) is 66.4. The van der Waals surface area contributed by atoms with Gasteiger partial charge in [0.1, 0.15) is 47.3 Å². The Balaban J connectivity index is 0.000000252. The summed E-state index contributed by atoms with van der Waals surface area (Å²) < 4.78 is 34.0. The van der Waals surface area contributed by atoms with E-state index < -0.39 is 54.0 Å². The number of ketones is 3. The van der Waals surface area contributed by atoms with Gasteiger partial charge in [0, 0.05) is 121 Å². The number of Topliss-reactive ketones (excluding diaryl/α,β-unsaturated/α-hetero) is 3. The van der Waals surface area contributed by atoms with Gasteiger partial charge in [-0.25, -0.2) is 9.59 Å². The average Bonchev–Trinajstić information content (AvgIpc) is 0.746. The minimum atomic E-state index is -0.710. The third-order valence-corrected chi connectivity index (χ3v) is 24.1. The molecule has 12 rings (SSSR count). The lowest BCUT2D eigenvalue weighted by Crippen LogP contribution is -2.73. The lowest BCUT2D eigenvalue weighted by molar-refractivity contribution is -0.384. The second kappa shape index (κ2) is 61.8. The summed E-state index contributed by atoms with van der Waals surface area (Å²) in [7, 11) is 0. The molecule has 2 heterocycles. The quantitative estimate of drug-likeness (QED) is 0.00685. The number of phenols is 2. The Bertz CT molecular complexity index is 4840. The number of phenolic OH excluding ortho intramolecular Hbond substituents is 2. The van der Waals surface area contributed by atoms with Crippen LogP contribution in [0.2, 0.25) is 0 Å². The van der Waals surface area contributed by atoms with Crippen molar-refractivity contribution in [3.05, 3.63) is 232 Å². The summed E-state index contributed by atoms with van der Waals surface area (Å²) in [6, 6.07) is 52.3. The van der Waals surface area contributed by atoms with E-state index in [0.717, 1.165) is 113 Å². The number of benzene rings is 7. The highest BCUT2D eigenvalue weighted by Crippen LogP contribution is 2.38. The summed E-state index contributed by atoms with van der Waals surface area (Å²) in [6.07, 6.45) is 14.7. The van der Waals surface area contributed by atoms with Crippen molar-refractivity contribution in [1.29, 1.82) is 0 Å². The fraction of sp³-hybridized carbons (Fsp3) is 0.486. The normalized spacial score (nSPS) is 15.8. The largest absolute Gasteiger partial charge is 0.508 e. The number of hydrogen-bond donors (Lipinski definition) is 6. The van der Waals surface area contributed by atoms with Crippen molar-refractivity contribution >= 4 is 87.5 Å². The number of carbonyl (C=O) groups is 12. The molecule has 3 aliphatic carbocycles. The van der Waals surface area contributed by atoms with E-state index in [0.29, 0.717) is 87.9 Å². The molecule has 8 amide bonds. The van der Waals surface area contributed by atoms with Gasteiger partial charge in [-0.2, -0.15) is 0 Å². The molecule has 2 saturated heterocycles. The smallest absolute Gasteiger partial charge is 0.416 e. The number of aromatic hydroxyl groups is 2. The standard InChI is InChI=1S/C34H47N3O7.C30H35N3O5.C25H41N3O4.C8H8O2.C6H5NO3.C2H3ClO/c1-4-42-31(43-5-2)24-37(23-21-26-12-8-6-9-13-26)33(40)32(28-14-10-7-11-15-28)36-30(39)20-22-35-34(41)44-29-18-16-27(17-19-29)25(3)38;1-21(34)23-12-14-25(15-13-23)38-30(37)32-19-17-27(35)33-26(32)20-31(18-16-22-8-4-2-5-9-22)29(36)28(33)24-10-6-3-7-11-24;1-3-31-23(32-4-2)19-28(18-16-20-11-7-5-8-12-20)25(30)24(27-22(29)15-17-26)21-13-9-6-10-14-21;1-6(9)7-2-4-8(10)5-3-7;8-6-3-1-5(2-4-6)7(9)10;1-2(3)4/h6,8-9,12-13,16-19,28,31-32H,4-5,7,10-11,14-15,20-24H2,1-3H3,(H,35,41)(H,36,39);2,4-5,8-9,12-15,24,26,28H,3,6-7,10-11,16-20H2,1H3;5,7-8,11-12,21,23-24H,3-4,6,9-10,13-19,26H2,1-2H3,(H,27,29);2-5,10H,1H3;1-4,8H;1H3/t32-;26-,28+;24-;;;/m010.../s1. The highest BCUT2D eigenvalue weighted by molar-refractivity contribution is 6.62. The zero-order chi connectivity index (χ0) is 100. The Morgan fingerprint density at radius 3 is 1.28 bits per heavy atom. The van der Waals surface area contributed by atoms with Crippen LogP contribution in [0, 0.1) is 27.9 Å². The molecule has 7 N–H and O–H groups in total. The molecule has 0 aromatic heterocycles. The highest BCUT2D eigenvalue weighted by Gasteiger charge is 2.52. The van der Waals surface area contributed by atoms with Gasteiger partial charge >= 0.3 is 12.2 Å². The molecular weight excluding hydrogens is 1790 g/mol. The number of halogens is 1. The number of nitrogens with two attached hydrogens (primary N) is 1. The highest BCUT2D eigenvalue weighted by atomic mass is 35.5. The summed E-state index contributed by atoms with van der Waals surface area (Å²) in [5.41, 5.74) is 10.6. The molecule has 7 aromatic carbocycles. The lowest BCUT2D eigenvalue weighted by Gasteiger charge is -2.53. The second-order valence-electron chi connectivity index (χ2n) is 34.2. The Labute approximate surface area is 815 Å². The van der Waals surface area contributed by atoms with E-state index in [-0.39, 0.29) is 151 Å². The minimum Gasteiger partial charge on any atom is -0.508 e. The maximum atomic E-state index is 14.2. The Kier molecular flexibility index (Phi) is 50.4. The van der Waals surface area contributed by atoms with Crippen molar-refractivity contribution in [2.24, 2.45) is 23.5 Å². The molecule has 0 unspecified atom stereocenters. The number of non-ortho nitro benzene ring substituents is 1. The van der Waals surface area contributed by atoms with Gasteiger partial charge in [-0.1, -0.05) is 149 Å². The van der Waals surface area contributed by atoms with E-state index in [9.17, 15) is 67.6 Å². The third kappa shape index (κ3) is 39.6. The van der Waals surface area contributed by atoms with Crippen molar-refractivity contribution in [3.63, 3.8) is 0 Å². The van der Waals surface area contributed by atoms with Crippen LogP contribution in [-0.2, 0) is 71.8 Å². The van der Waals surface area contributed by atoms with Crippen LogP contribution in [0.5, 0.6) is 23.0 Å². The number of amides is 8. The van der Waals surface area contributed by atoms with Crippen molar-refractivity contribution in [2.75, 3.05) is 85.3 Å². The first kappa shape index (κ1) is 113. The van der Waals surface area contributed by atoms with Gasteiger partial charge in [-0.05, 0) is 237 Å². The van der Waals surface area contributed by atoms with E-state index in [1.807, 2.05) is 116 Å². The average molecular weight is 1930 g/mol. The Hall–Kier alpha value is -12.3. The van der Waals surface area contributed by atoms with Crippen LogP contribution in [-0.4, -0.2) is 232 Å². The molecule has 5 fully saturated rings. The molecule has 33 heteroatoms. The molecular formula is C105H139ClN10O22. The number of carbonyl (C=O) groups excluding carboxylic acids is 12. The second-order valence-corrected chi connectivity index (χ2v) is 34.7. The minimum absolute atomic E-state index is 0.00697. The zero-order valence-electron chi connectivity index (χ0n) is 80.8. The number of nitro groups is 1. The van der Waals surface area contributed by atoms with E-state index in [4.69, 9.17) is 44.4 Å². The lowest BCUT2D eigenvalue weighted by atomic mass is 9.81. The summed E-state index contributed by atoms with van der Waals surface area (Å²) in [5.74, 6) is 0.200. The molecule has 0 spiro atoms. The number of piperazine rings is 1. The molecule has 5 aliphatic rings. The van der Waals surface area contributed by atoms with Crippen LogP contribution in [0.25, 0.3) is 0 Å². The number of nitrogens with zero attached hydrogens (tertiary/aromatic N) is 6. The van der Waals surface area contributed by atoms with E-state index in [1.165, 1.54) is 82.6 Å². The van der Waals surface area contributed by atoms with Crippen molar-refractivity contribution < 1.29 is 101 Å². The molecule has 32 nitrogen and oxygen atoms in total. The molecule has 748 valence electrons. The van der Waals surface area contributed by atoms with Crippen LogP contribution in [0.4, 0.5) is 15.3 Å². The first-order valence-corrected chi connectivity index (χ1v) is 48.4. The number of nitrogens with one attached hydrogen (secondary N) is 3. The van der Waals surface area contributed by atoms with Crippen LogP contribution < -0.4 is 31.2 Å². The van der Waals surface area contributed by atoms with E-state index >= 15 is 0 Å². The van der Waals surface area contributed by atoms with E-state index in [1.54, 1.807) is 63.2 Å². The Morgan fingerprint density at radius 1 is 0.507 bits per heavy atom. The van der Waals surface area contributed by atoms with Gasteiger partial charge in [-0.15, -0.1) is 0 Å². The van der Waals surface area contributed by atoms with E-state index in [2.05, 4.69) is 39.7 Å². The number of fused-ring (bicyclic) bond motifs is 1.